The first-order chi connectivity index (χ1) is 19.5. The van der Waals surface area contributed by atoms with E-state index in [9.17, 15) is 32.9 Å². The van der Waals surface area contributed by atoms with E-state index in [1.807, 2.05) is 17.6 Å². The molecule has 1 heterocycles. The number of rotatable bonds is 13. The minimum Gasteiger partial charge on any atom is -0.345 e. The van der Waals surface area contributed by atoms with E-state index in [4.69, 9.17) is 0 Å². The number of benzene rings is 2. The lowest BCUT2D eigenvalue weighted by Gasteiger charge is -2.27. The van der Waals surface area contributed by atoms with Gasteiger partial charge in [-0.25, -0.2) is 0 Å². The van der Waals surface area contributed by atoms with Gasteiger partial charge in [0.1, 0.15) is 6.54 Å². The average molecular weight is 571 g/mol. The summed E-state index contributed by atoms with van der Waals surface area (Å²) in [6.45, 7) is 4.85. The Balaban J connectivity index is 1.70. The number of nitro benzene ring substituents is 1. The molecule has 0 fully saturated rings. The number of carbonyl (C=O) groups is 2. The molecule has 0 bridgehead atoms. The fraction of sp³-hybridized carbons (Fsp3) is 0.333. The Hall–Kier alpha value is -4.41. The number of carbonyl (C=O) groups excluding carboxylic acids is 2. The first-order valence-corrected chi connectivity index (χ1v) is 13.3. The molecule has 3 aromatic rings. The summed E-state index contributed by atoms with van der Waals surface area (Å²) >= 11 is 0. The molecule has 0 aliphatic heterocycles. The third kappa shape index (κ3) is 9.06. The summed E-state index contributed by atoms with van der Waals surface area (Å²) in [5.41, 5.74) is 1.10. The predicted molar refractivity (Wildman–Crippen MR) is 150 cm³/mol. The van der Waals surface area contributed by atoms with Crippen molar-refractivity contribution in [2.45, 2.75) is 46.0 Å². The first-order valence-electron chi connectivity index (χ1n) is 13.3. The van der Waals surface area contributed by atoms with Crippen LogP contribution in [0.25, 0.3) is 6.08 Å². The minimum atomic E-state index is -4.43. The highest BCUT2D eigenvalue weighted by molar-refractivity contribution is 5.94. The predicted octanol–water partition coefficient (Wildman–Crippen LogP) is 6.15. The second kappa shape index (κ2) is 14.3. The Morgan fingerprint density at radius 1 is 1.02 bits per heavy atom. The van der Waals surface area contributed by atoms with Crippen molar-refractivity contribution in [3.8, 4) is 0 Å². The monoisotopic (exact) mass is 570 g/mol. The summed E-state index contributed by atoms with van der Waals surface area (Å²) in [5.74, 6) is -0.619. The number of halogens is 3. The highest BCUT2D eigenvalue weighted by Gasteiger charge is 2.30. The molecular formula is C30H33F3N4O4. The number of non-ortho nitro benzene ring substituents is 1. The van der Waals surface area contributed by atoms with Crippen LogP contribution in [0.4, 0.5) is 18.9 Å². The van der Waals surface area contributed by atoms with E-state index in [0.29, 0.717) is 24.2 Å². The number of amides is 2. The maximum Gasteiger partial charge on any atom is 0.416 e. The van der Waals surface area contributed by atoms with Gasteiger partial charge in [0.05, 0.1) is 17.0 Å². The van der Waals surface area contributed by atoms with Crippen molar-refractivity contribution in [3.63, 3.8) is 0 Å². The molecule has 218 valence electrons. The Kier molecular flexibility index (Phi) is 10.8. The fourth-order valence-electron chi connectivity index (χ4n) is 4.22. The maximum absolute atomic E-state index is 13.4. The number of nitrogens with zero attached hydrogens (tertiary/aromatic N) is 4. The topological polar surface area (TPSA) is 88.7 Å². The molecule has 0 saturated carbocycles. The average Bonchev–Trinajstić information content (AvgIpc) is 3.38. The number of hydrogen-bond donors (Lipinski definition) is 0. The molecule has 8 nitrogen and oxygen atoms in total. The zero-order valence-corrected chi connectivity index (χ0v) is 23.0. The molecule has 0 radical (unpaired) electrons. The summed E-state index contributed by atoms with van der Waals surface area (Å²) in [7, 11) is 0. The van der Waals surface area contributed by atoms with Gasteiger partial charge in [0.25, 0.3) is 5.69 Å². The van der Waals surface area contributed by atoms with Crippen molar-refractivity contribution >= 4 is 23.6 Å². The summed E-state index contributed by atoms with van der Waals surface area (Å²) in [4.78, 5) is 39.6. The van der Waals surface area contributed by atoms with Crippen LogP contribution in [-0.4, -0.2) is 50.7 Å². The summed E-state index contributed by atoms with van der Waals surface area (Å²) < 4.78 is 41.3. The molecule has 0 unspecified atom stereocenters. The molecule has 11 heteroatoms. The molecular weight excluding hydrogens is 537 g/mol. The summed E-state index contributed by atoms with van der Waals surface area (Å²) in [6, 6.07) is 14.5. The van der Waals surface area contributed by atoms with E-state index in [2.05, 4.69) is 0 Å². The SMILES string of the molecule is CCCCN(Cc1cccn1Cc1cccc(C(F)(F)F)c1)C(=O)CN(CC)C(=O)/C=C/c1ccc([N+](=O)[O-])cc1. The van der Waals surface area contributed by atoms with Crippen molar-refractivity contribution in [1.82, 2.24) is 14.4 Å². The summed E-state index contributed by atoms with van der Waals surface area (Å²) in [6.07, 6.45) is 1.80. The Labute approximate surface area is 236 Å². The van der Waals surface area contributed by atoms with Crippen molar-refractivity contribution in [2.75, 3.05) is 19.6 Å². The number of aromatic nitrogens is 1. The molecule has 0 saturated heterocycles. The van der Waals surface area contributed by atoms with Crippen LogP contribution in [-0.2, 0) is 28.9 Å². The lowest BCUT2D eigenvalue weighted by atomic mass is 10.1. The smallest absolute Gasteiger partial charge is 0.345 e. The maximum atomic E-state index is 13.4. The van der Waals surface area contributed by atoms with Crippen LogP contribution in [0.5, 0.6) is 0 Å². The van der Waals surface area contributed by atoms with Crippen molar-refractivity contribution in [3.05, 3.63) is 105 Å². The van der Waals surface area contributed by atoms with Gasteiger partial charge in [0.2, 0.25) is 11.8 Å². The largest absolute Gasteiger partial charge is 0.416 e. The van der Waals surface area contributed by atoms with Crippen LogP contribution >= 0.6 is 0 Å². The lowest BCUT2D eigenvalue weighted by Crippen LogP contribution is -2.42. The molecule has 41 heavy (non-hydrogen) atoms. The fourth-order valence-corrected chi connectivity index (χ4v) is 4.22. The van der Waals surface area contributed by atoms with Crippen LogP contribution in [0, 0.1) is 10.1 Å². The van der Waals surface area contributed by atoms with E-state index in [1.165, 1.54) is 47.4 Å². The number of nitro groups is 1. The van der Waals surface area contributed by atoms with Crippen molar-refractivity contribution in [1.29, 1.82) is 0 Å². The quantitative estimate of drug-likeness (QED) is 0.140. The third-order valence-corrected chi connectivity index (χ3v) is 6.56. The van der Waals surface area contributed by atoms with Crippen LogP contribution in [0.15, 0.2) is 72.9 Å². The molecule has 0 spiro atoms. The Bertz CT molecular complexity index is 1370. The number of likely N-dealkylation sites (N-methyl/N-ethyl adjacent to an activating group) is 1. The number of alkyl halides is 3. The van der Waals surface area contributed by atoms with Gasteiger partial charge in [-0.3, -0.25) is 19.7 Å². The van der Waals surface area contributed by atoms with E-state index in [0.717, 1.165) is 30.7 Å². The lowest BCUT2D eigenvalue weighted by molar-refractivity contribution is -0.384. The van der Waals surface area contributed by atoms with Gasteiger partial charge in [0, 0.05) is 49.7 Å². The van der Waals surface area contributed by atoms with E-state index in [-0.39, 0.29) is 37.1 Å². The zero-order valence-electron chi connectivity index (χ0n) is 23.0. The highest BCUT2D eigenvalue weighted by atomic mass is 19.4. The van der Waals surface area contributed by atoms with Gasteiger partial charge < -0.3 is 14.4 Å². The normalized spacial score (nSPS) is 11.5. The molecule has 0 N–H and O–H groups in total. The second-order valence-corrected chi connectivity index (χ2v) is 9.53. The summed E-state index contributed by atoms with van der Waals surface area (Å²) in [5, 5.41) is 10.8. The van der Waals surface area contributed by atoms with Crippen LogP contribution < -0.4 is 0 Å². The number of unbranched alkanes of at least 4 members (excludes halogenated alkanes) is 1. The van der Waals surface area contributed by atoms with E-state index < -0.39 is 16.7 Å². The minimum absolute atomic E-state index is 0.0533. The standard InChI is InChI=1S/C30H33F3N4O4/c1-3-5-17-36(21-27-10-7-18-35(27)20-24-8-6-9-25(19-24)30(31,32)33)29(39)22-34(4-2)28(38)16-13-23-11-14-26(15-12-23)37(40)41/h6-16,18-19H,3-5,17,20-22H2,1-2H3/b16-13+. The van der Waals surface area contributed by atoms with E-state index >= 15 is 0 Å². The molecule has 1 aromatic heterocycles. The van der Waals surface area contributed by atoms with Crippen LogP contribution in [0.3, 0.4) is 0 Å². The number of hydrogen-bond acceptors (Lipinski definition) is 4. The Morgan fingerprint density at radius 2 is 1.76 bits per heavy atom. The highest BCUT2D eigenvalue weighted by Crippen LogP contribution is 2.29. The van der Waals surface area contributed by atoms with Gasteiger partial charge in [-0.2, -0.15) is 13.2 Å². The van der Waals surface area contributed by atoms with Gasteiger partial charge in [-0.15, -0.1) is 0 Å². The second-order valence-electron chi connectivity index (χ2n) is 9.53. The van der Waals surface area contributed by atoms with Gasteiger partial charge in [-0.1, -0.05) is 25.5 Å². The van der Waals surface area contributed by atoms with E-state index in [1.54, 1.807) is 30.2 Å². The Morgan fingerprint density at radius 3 is 2.39 bits per heavy atom. The molecule has 3 rings (SSSR count). The first kappa shape index (κ1) is 31.1. The van der Waals surface area contributed by atoms with Gasteiger partial charge >= 0.3 is 6.18 Å². The van der Waals surface area contributed by atoms with Crippen LogP contribution in [0.1, 0.15) is 49.1 Å². The molecule has 0 aliphatic carbocycles. The molecule has 0 aliphatic rings. The van der Waals surface area contributed by atoms with Crippen molar-refractivity contribution < 1.29 is 27.7 Å². The van der Waals surface area contributed by atoms with Gasteiger partial charge in [-0.05, 0) is 66.9 Å². The van der Waals surface area contributed by atoms with Crippen LogP contribution in [0.2, 0.25) is 0 Å². The van der Waals surface area contributed by atoms with Gasteiger partial charge in [0.15, 0.2) is 0 Å². The van der Waals surface area contributed by atoms with Crippen molar-refractivity contribution in [2.24, 2.45) is 0 Å². The zero-order chi connectivity index (χ0) is 30.0. The molecule has 0 atom stereocenters. The third-order valence-electron chi connectivity index (χ3n) is 6.56. The molecule has 2 amide bonds. The molecule has 2 aromatic carbocycles.